The van der Waals surface area contributed by atoms with Gasteiger partial charge in [-0.2, -0.15) is 0 Å². The van der Waals surface area contributed by atoms with Crippen molar-refractivity contribution in [2.24, 2.45) is 10.2 Å². The lowest BCUT2D eigenvalue weighted by Gasteiger charge is -2.07. The summed E-state index contributed by atoms with van der Waals surface area (Å²) in [7, 11) is 0. The number of allylic oxidation sites excluding steroid dienone is 4. The second-order valence-electron chi connectivity index (χ2n) is 6.64. The van der Waals surface area contributed by atoms with Crippen LogP contribution in [0.4, 0.5) is 10.7 Å². The molecular weight excluding hydrogens is 400 g/mol. The van der Waals surface area contributed by atoms with Gasteiger partial charge in [0.05, 0.1) is 5.69 Å². The first-order valence-corrected chi connectivity index (χ1v) is 9.99. The number of carbonyl (C=O) groups excluding carboxylic acids is 3. The lowest BCUT2D eigenvalue weighted by molar-refractivity contribution is -0.131. The molecule has 0 amide bonds. The Labute approximate surface area is 176 Å². The Balaban J connectivity index is 1.61. The molecule has 148 valence electrons. The number of rotatable bonds is 5. The predicted molar refractivity (Wildman–Crippen MR) is 115 cm³/mol. The summed E-state index contributed by atoms with van der Waals surface area (Å²) in [5.41, 5.74) is 1.87. The first-order valence-electron chi connectivity index (χ1n) is 9.17. The van der Waals surface area contributed by atoms with Crippen LogP contribution in [0.25, 0.3) is 10.1 Å². The first kappa shape index (κ1) is 19.6. The third kappa shape index (κ3) is 4.31. The molecule has 1 heterocycles. The summed E-state index contributed by atoms with van der Waals surface area (Å²) in [6, 6.07) is 14.8. The molecule has 0 atom stereocenters. The van der Waals surface area contributed by atoms with Gasteiger partial charge in [0.25, 0.3) is 0 Å². The van der Waals surface area contributed by atoms with Gasteiger partial charge in [0, 0.05) is 29.0 Å². The van der Waals surface area contributed by atoms with Crippen LogP contribution in [0, 0.1) is 0 Å². The maximum Gasteiger partial charge on any atom is 0.308 e. The highest BCUT2D eigenvalue weighted by molar-refractivity contribution is 7.23. The molecule has 30 heavy (non-hydrogen) atoms. The molecule has 4 rings (SSSR count). The van der Waals surface area contributed by atoms with Gasteiger partial charge < -0.3 is 4.74 Å². The van der Waals surface area contributed by atoms with E-state index in [1.54, 1.807) is 12.1 Å². The summed E-state index contributed by atoms with van der Waals surface area (Å²) in [6.45, 7) is 1.35. The van der Waals surface area contributed by atoms with E-state index < -0.39 is 5.97 Å². The van der Waals surface area contributed by atoms with Crippen LogP contribution in [-0.4, -0.2) is 17.5 Å². The topological polar surface area (TPSA) is 85.2 Å². The molecule has 0 N–H and O–H groups in total. The van der Waals surface area contributed by atoms with Gasteiger partial charge >= 0.3 is 5.97 Å². The van der Waals surface area contributed by atoms with Gasteiger partial charge in [-0.1, -0.05) is 24.3 Å². The summed E-state index contributed by atoms with van der Waals surface area (Å²) >= 11 is 1.38. The van der Waals surface area contributed by atoms with Gasteiger partial charge in [-0.05, 0) is 48.1 Å². The molecule has 0 saturated heterocycles. The first-order chi connectivity index (χ1) is 14.5. The number of ether oxygens (including phenoxy) is 1. The number of esters is 1. The molecule has 2 aromatic carbocycles. The van der Waals surface area contributed by atoms with E-state index in [0.29, 0.717) is 28.4 Å². The monoisotopic (exact) mass is 416 g/mol. The van der Waals surface area contributed by atoms with Crippen molar-refractivity contribution in [3.8, 4) is 5.75 Å². The minimum absolute atomic E-state index is 0.169. The van der Waals surface area contributed by atoms with E-state index in [2.05, 4.69) is 10.2 Å². The number of nitrogens with zero attached hydrogens (tertiary/aromatic N) is 2. The lowest BCUT2D eigenvalue weighted by atomic mass is 9.96. The normalized spacial score (nSPS) is 13.8. The van der Waals surface area contributed by atoms with Gasteiger partial charge in [-0.3, -0.25) is 14.4 Å². The molecule has 1 aromatic heterocycles. The Bertz CT molecular complexity index is 1270. The third-order valence-corrected chi connectivity index (χ3v) is 5.41. The Morgan fingerprint density at radius 2 is 1.87 bits per heavy atom. The van der Waals surface area contributed by atoms with Crippen LogP contribution in [0.5, 0.6) is 5.75 Å². The van der Waals surface area contributed by atoms with Crippen molar-refractivity contribution in [3.05, 3.63) is 77.9 Å². The van der Waals surface area contributed by atoms with Crippen molar-refractivity contribution in [2.75, 3.05) is 0 Å². The number of fused-ring (bicyclic) bond motifs is 1. The zero-order chi connectivity index (χ0) is 21.1. The molecule has 0 aliphatic heterocycles. The van der Waals surface area contributed by atoms with Gasteiger partial charge in [0.2, 0.25) is 0 Å². The smallest absolute Gasteiger partial charge is 0.308 e. The number of azo groups is 1. The molecule has 6 nitrogen and oxygen atoms in total. The van der Waals surface area contributed by atoms with E-state index in [-0.39, 0.29) is 11.6 Å². The molecule has 3 aromatic rings. The highest BCUT2D eigenvalue weighted by atomic mass is 32.1. The summed E-state index contributed by atoms with van der Waals surface area (Å²) in [5.74, 6) is -0.390. The van der Waals surface area contributed by atoms with E-state index in [0.717, 1.165) is 15.6 Å². The SMILES string of the molecule is CC(=O)Oc1c(N=Nc2cccc(CC3=CC(=O)C=CC3=O)c2)sc2ccccc12. The summed E-state index contributed by atoms with van der Waals surface area (Å²) < 4.78 is 6.31. The highest BCUT2D eigenvalue weighted by Crippen LogP contribution is 2.44. The Morgan fingerprint density at radius 3 is 2.70 bits per heavy atom. The van der Waals surface area contributed by atoms with Crippen LogP contribution in [-0.2, 0) is 20.8 Å². The zero-order valence-electron chi connectivity index (χ0n) is 16.0. The standard InChI is InChI=1S/C23H16N2O4S/c1-14(26)29-22-19-7-2-3-8-21(19)30-23(22)25-24-17-6-4-5-15(12-17)11-16-13-18(27)9-10-20(16)28/h2-10,12-13H,11H2,1H3. The number of ketones is 2. The minimum Gasteiger partial charge on any atom is -0.423 e. The van der Waals surface area contributed by atoms with Crippen molar-refractivity contribution in [1.29, 1.82) is 0 Å². The lowest BCUT2D eigenvalue weighted by Crippen LogP contribution is -2.09. The summed E-state index contributed by atoms with van der Waals surface area (Å²) in [4.78, 5) is 35.0. The van der Waals surface area contributed by atoms with Gasteiger partial charge in [0.1, 0.15) is 0 Å². The van der Waals surface area contributed by atoms with Crippen LogP contribution in [0.1, 0.15) is 12.5 Å². The van der Waals surface area contributed by atoms with Gasteiger partial charge in [-0.25, -0.2) is 0 Å². The maximum atomic E-state index is 12.0. The van der Waals surface area contributed by atoms with Gasteiger partial charge in [0.15, 0.2) is 22.3 Å². The number of hydrogen-bond acceptors (Lipinski definition) is 7. The van der Waals surface area contributed by atoms with E-state index in [4.69, 9.17) is 4.74 Å². The molecule has 1 aliphatic rings. The maximum absolute atomic E-state index is 12.0. The average Bonchev–Trinajstić information content (AvgIpc) is 3.06. The highest BCUT2D eigenvalue weighted by Gasteiger charge is 2.16. The fourth-order valence-corrected chi connectivity index (χ4v) is 4.01. The van der Waals surface area contributed by atoms with Crippen molar-refractivity contribution in [1.82, 2.24) is 0 Å². The Hall–Kier alpha value is -3.71. The second-order valence-corrected chi connectivity index (χ2v) is 7.67. The van der Waals surface area contributed by atoms with Crippen LogP contribution in [0.3, 0.4) is 0 Å². The third-order valence-electron chi connectivity index (χ3n) is 4.37. The molecule has 0 radical (unpaired) electrons. The quantitative estimate of drug-likeness (QED) is 0.316. The Morgan fingerprint density at radius 1 is 1.03 bits per heavy atom. The fraction of sp³-hybridized carbons (Fsp3) is 0.0870. The molecule has 7 heteroatoms. The van der Waals surface area contributed by atoms with Gasteiger partial charge in [-0.15, -0.1) is 21.6 Å². The van der Waals surface area contributed by atoms with E-state index in [1.165, 1.54) is 36.5 Å². The van der Waals surface area contributed by atoms with Crippen LogP contribution < -0.4 is 4.74 Å². The Kier molecular flexibility index (Phi) is 5.45. The molecule has 0 saturated carbocycles. The van der Waals surface area contributed by atoms with Crippen molar-refractivity contribution < 1.29 is 19.1 Å². The molecule has 0 unspecified atom stereocenters. The van der Waals surface area contributed by atoms with Crippen LogP contribution in [0.2, 0.25) is 0 Å². The van der Waals surface area contributed by atoms with Crippen LogP contribution >= 0.6 is 11.3 Å². The number of hydrogen-bond donors (Lipinski definition) is 0. The average molecular weight is 416 g/mol. The molecule has 0 spiro atoms. The molecular formula is C23H16N2O4S. The number of benzene rings is 2. The zero-order valence-corrected chi connectivity index (χ0v) is 16.8. The summed E-state index contributed by atoms with van der Waals surface area (Å²) in [5, 5.41) is 9.89. The molecule has 0 fully saturated rings. The van der Waals surface area contributed by atoms with E-state index >= 15 is 0 Å². The largest absolute Gasteiger partial charge is 0.423 e. The second kappa shape index (κ2) is 8.34. The predicted octanol–water partition coefficient (Wildman–Crippen LogP) is 5.42. The summed E-state index contributed by atoms with van der Waals surface area (Å²) in [6.07, 6.45) is 4.25. The van der Waals surface area contributed by atoms with Crippen molar-refractivity contribution in [2.45, 2.75) is 13.3 Å². The number of thiophene rings is 1. The molecule has 0 bridgehead atoms. The fourth-order valence-electron chi connectivity index (χ4n) is 3.06. The van der Waals surface area contributed by atoms with Crippen molar-refractivity contribution in [3.63, 3.8) is 0 Å². The van der Waals surface area contributed by atoms with Crippen LogP contribution in [0.15, 0.2) is 82.6 Å². The molecule has 1 aliphatic carbocycles. The van der Waals surface area contributed by atoms with E-state index in [9.17, 15) is 14.4 Å². The van der Waals surface area contributed by atoms with Crippen molar-refractivity contribution >= 4 is 49.6 Å². The minimum atomic E-state index is -0.425. The number of carbonyl (C=O) groups is 3. The van der Waals surface area contributed by atoms with E-state index in [1.807, 2.05) is 36.4 Å².